The summed E-state index contributed by atoms with van der Waals surface area (Å²) in [6.07, 6.45) is 1.37. The van der Waals surface area contributed by atoms with Gasteiger partial charge in [0.25, 0.3) is 0 Å². The van der Waals surface area contributed by atoms with E-state index in [2.05, 4.69) is 15.3 Å². The number of anilines is 1. The van der Waals surface area contributed by atoms with Crippen LogP contribution < -0.4 is 5.32 Å². The second-order valence-electron chi connectivity index (χ2n) is 3.51. The Bertz CT molecular complexity index is 587. The van der Waals surface area contributed by atoms with E-state index < -0.39 is 4.92 Å². The fourth-order valence-corrected chi connectivity index (χ4v) is 2.21. The molecule has 0 aliphatic rings. The van der Waals surface area contributed by atoms with Crippen LogP contribution in [0.15, 0.2) is 17.6 Å². The van der Waals surface area contributed by atoms with Gasteiger partial charge >= 0.3 is 5.69 Å². The first-order chi connectivity index (χ1) is 8.56. The van der Waals surface area contributed by atoms with E-state index in [0.717, 1.165) is 10.7 Å². The molecule has 6 nitrogen and oxygen atoms in total. The number of halogens is 1. The summed E-state index contributed by atoms with van der Waals surface area (Å²) in [5, 5.41) is 16.7. The average Bonchev–Trinajstić information content (AvgIpc) is 2.73. The van der Waals surface area contributed by atoms with Crippen LogP contribution in [0, 0.1) is 17.0 Å². The third-order valence-electron chi connectivity index (χ3n) is 2.10. The molecule has 0 amide bonds. The van der Waals surface area contributed by atoms with Crippen molar-refractivity contribution in [3.8, 4) is 0 Å². The van der Waals surface area contributed by atoms with Crippen LogP contribution in [0.5, 0.6) is 0 Å². The van der Waals surface area contributed by atoms with Crippen molar-refractivity contribution >= 4 is 34.4 Å². The second-order valence-corrected chi connectivity index (χ2v) is 4.89. The maximum absolute atomic E-state index is 10.8. The van der Waals surface area contributed by atoms with Gasteiger partial charge in [0.15, 0.2) is 0 Å². The quantitative estimate of drug-likeness (QED) is 0.689. The Kier molecular flexibility index (Phi) is 3.73. The van der Waals surface area contributed by atoms with Crippen LogP contribution in [0.4, 0.5) is 11.5 Å². The molecule has 0 aromatic carbocycles. The van der Waals surface area contributed by atoms with Gasteiger partial charge in [-0.25, -0.2) is 9.97 Å². The summed E-state index contributed by atoms with van der Waals surface area (Å²) in [6, 6.07) is 1.27. The second kappa shape index (κ2) is 5.28. The third kappa shape index (κ3) is 2.93. The molecule has 2 aromatic heterocycles. The molecule has 0 atom stereocenters. The molecule has 0 bridgehead atoms. The van der Waals surface area contributed by atoms with Gasteiger partial charge in [0.2, 0.25) is 5.82 Å². The molecule has 18 heavy (non-hydrogen) atoms. The summed E-state index contributed by atoms with van der Waals surface area (Å²) in [5.41, 5.74) is 0.783. The summed E-state index contributed by atoms with van der Waals surface area (Å²) in [7, 11) is 0. The van der Waals surface area contributed by atoms with E-state index in [-0.39, 0.29) is 16.5 Å². The predicted octanol–water partition coefficient (Wildman–Crippen LogP) is 3.02. The minimum Gasteiger partial charge on any atom is -0.358 e. The van der Waals surface area contributed by atoms with E-state index in [4.69, 9.17) is 11.6 Å². The molecule has 0 spiro atoms. The van der Waals surface area contributed by atoms with Gasteiger partial charge in [-0.05, 0) is 6.92 Å². The molecule has 2 aromatic rings. The number of nitro groups is 1. The lowest BCUT2D eigenvalue weighted by molar-refractivity contribution is -0.384. The zero-order valence-corrected chi connectivity index (χ0v) is 11.0. The number of rotatable bonds is 4. The van der Waals surface area contributed by atoms with Crippen LogP contribution >= 0.6 is 22.9 Å². The van der Waals surface area contributed by atoms with Gasteiger partial charge in [-0.3, -0.25) is 10.1 Å². The minimum absolute atomic E-state index is 0.143. The Hall–Kier alpha value is -1.73. The molecular formula is C10H9ClN4O2S. The summed E-state index contributed by atoms with van der Waals surface area (Å²) in [4.78, 5) is 18.5. The van der Waals surface area contributed by atoms with Crippen molar-refractivity contribution in [3.63, 3.8) is 0 Å². The summed E-state index contributed by atoms with van der Waals surface area (Å²) in [5.74, 6) is 0.192. The number of nitrogens with one attached hydrogen (secondary N) is 1. The zero-order chi connectivity index (χ0) is 13.1. The number of pyridine rings is 1. The number of thiazole rings is 1. The molecule has 0 saturated carbocycles. The smallest absolute Gasteiger partial charge is 0.312 e. The molecule has 0 aliphatic heterocycles. The highest BCUT2D eigenvalue weighted by atomic mass is 35.5. The van der Waals surface area contributed by atoms with E-state index in [9.17, 15) is 10.1 Å². The summed E-state index contributed by atoms with van der Waals surface area (Å²) >= 11 is 7.17. The molecule has 94 valence electrons. The van der Waals surface area contributed by atoms with Gasteiger partial charge in [-0.1, -0.05) is 11.6 Å². The molecule has 2 heterocycles. The first-order valence-corrected chi connectivity index (χ1v) is 6.27. The van der Waals surface area contributed by atoms with E-state index in [1.807, 2.05) is 12.3 Å². The lowest BCUT2D eigenvalue weighted by Gasteiger charge is -2.04. The number of aryl methyl sites for hydroxylation is 1. The van der Waals surface area contributed by atoms with Gasteiger partial charge < -0.3 is 5.32 Å². The zero-order valence-electron chi connectivity index (χ0n) is 9.38. The highest BCUT2D eigenvalue weighted by molar-refractivity contribution is 7.09. The topological polar surface area (TPSA) is 81.0 Å². The van der Waals surface area contributed by atoms with Crippen molar-refractivity contribution in [1.29, 1.82) is 0 Å². The first-order valence-electron chi connectivity index (χ1n) is 5.01. The minimum atomic E-state index is -0.520. The van der Waals surface area contributed by atoms with E-state index >= 15 is 0 Å². The van der Waals surface area contributed by atoms with Crippen molar-refractivity contribution in [2.75, 3.05) is 5.32 Å². The largest absolute Gasteiger partial charge is 0.358 e. The average molecular weight is 285 g/mol. The molecule has 0 radical (unpaired) electrons. The maximum Gasteiger partial charge on any atom is 0.312 e. The molecule has 0 fully saturated rings. The Labute approximate surface area is 112 Å². The van der Waals surface area contributed by atoms with Crippen LogP contribution in [-0.4, -0.2) is 14.9 Å². The van der Waals surface area contributed by atoms with Crippen molar-refractivity contribution in [2.45, 2.75) is 13.5 Å². The van der Waals surface area contributed by atoms with Crippen LogP contribution in [-0.2, 0) is 6.54 Å². The lowest BCUT2D eigenvalue weighted by Crippen LogP contribution is -2.04. The Morgan fingerprint density at radius 1 is 1.61 bits per heavy atom. The Morgan fingerprint density at radius 2 is 2.39 bits per heavy atom. The van der Waals surface area contributed by atoms with Crippen LogP contribution in [0.25, 0.3) is 0 Å². The van der Waals surface area contributed by atoms with E-state index in [1.165, 1.54) is 23.6 Å². The molecule has 0 aliphatic carbocycles. The normalized spacial score (nSPS) is 10.3. The molecule has 0 saturated heterocycles. The molecule has 2 rings (SSSR count). The highest BCUT2D eigenvalue weighted by Crippen LogP contribution is 2.25. The van der Waals surface area contributed by atoms with Gasteiger partial charge in [0.05, 0.1) is 16.5 Å². The van der Waals surface area contributed by atoms with E-state index in [0.29, 0.717) is 6.54 Å². The Balaban J connectivity index is 2.16. The fourth-order valence-electron chi connectivity index (χ4n) is 1.35. The molecule has 1 N–H and O–H groups in total. The van der Waals surface area contributed by atoms with Crippen LogP contribution in [0.2, 0.25) is 5.02 Å². The van der Waals surface area contributed by atoms with Crippen molar-refractivity contribution in [3.05, 3.63) is 43.5 Å². The fraction of sp³-hybridized carbons (Fsp3) is 0.200. The number of hydrogen-bond donors (Lipinski definition) is 1. The van der Waals surface area contributed by atoms with Crippen LogP contribution in [0.1, 0.15) is 10.7 Å². The molecular weight excluding hydrogens is 276 g/mol. The summed E-state index contributed by atoms with van der Waals surface area (Å²) < 4.78 is 0. The van der Waals surface area contributed by atoms with Gasteiger partial charge in [-0.15, -0.1) is 11.3 Å². The monoisotopic (exact) mass is 284 g/mol. The standard InChI is InChI=1S/C10H9ClN4O2S/c1-6-5-18-9(14-6)4-13-10-8(15(16)17)2-7(11)3-12-10/h2-3,5H,4H2,1H3,(H,12,13). The van der Waals surface area contributed by atoms with E-state index in [1.54, 1.807) is 0 Å². The molecule has 0 unspecified atom stereocenters. The number of aromatic nitrogens is 2. The SMILES string of the molecule is Cc1csc(CNc2ncc(Cl)cc2[N+](=O)[O-])n1. The lowest BCUT2D eigenvalue weighted by atomic mass is 10.4. The number of nitrogens with zero attached hydrogens (tertiary/aromatic N) is 3. The van der Waals surface area contributed by atoms with Crippen molar-refractivity contribution in [1.82, 2.24) is 9.97 Å². The van der Waals surface area contributed by atoms with Crippen molar-refractivity contribution < 1.29 is 4.92 Å². The Morgan fingerprint density at radius 3 is 3.00 bits per heavy atom. The third-order valence-corrected chi connectivity index (χ3v) is 3.28. The van der Waals surface area contributed by atoms with Crippen LogP contribution in [0.3, 0.4) is 0 Å². The van der Waals surface area contributed by atoms with Crippen molar-refractivity contribution in [2.24, 2.45) is 0 Å². The first kappa shape index (κ1) is 12.7. The van der Waals surface area contributed by atoms with Gasteiger partial charge in [0, 0.05) is 23.3 Å². The predicted molar refractivity (Wildman–Crippen MR) is 70.1 cm³/mol. The maximum atomic E-state index is 10.8. The molecule has 8 heteroatoms. The summed E-state index contributed by atoms with van der Waals surface area (Å²) in [6.45, 7) is 2.29. The number of hydrogen-bond acceptors (Lipinski definition) is 6. The van der Waals surface area contributed by atoms with Gasteiger partial charge in [0.1, 0.15) is 5.01 Å². The van der Waals surface area contributed by atoms with Gasteiger partial charge in [-0.2, -0.15) is 0 Å². The highest BCUT2D eigenvalue weighted by Gasteiger charge is 2.15.